The van der Waals surface area contributed by atoms with E-state index in [4.69, 9.17) is 40.5 Å². The fourth-order valence-electron chi connectivity index (χ4n) is 1.53. The van der Waals surface area contributed by atoms with Gasteiger partial charge in [0.1, 0.15) is 0 Å². The van der Waals surface area contributed by atoms with E-state index in [0.717, 1.165) is 5.56 Å². The molecule has 0 spiro atoms. The van der Waals surface area contributed by atoms with E-state index in [1.54, 1.807) is 12.1 Å². The minimum atomic E-state index is -0.0290. The molecule has 1 aliphatic carbocycles. The van der Waals surface area contributed by atoms with Gasteiger partial charge in [-0.3, -0.25) is 0 Å². The lowest BCUT2D eigenvalue weighted by Gasteiger charge is -2.13. The summed E-state index contributed by atoms with van der Waals surface area (Å²) in [5, 5.41) is 1.60. The molecule has 1 aromatic carbocycles. The van der Waals surface area contributed by atoms with Crippen LogP contribution in [0.4, 0.5) is 0 Å². The molecular formula is C10H10Cl3N. The lowest BCUT2D eigenvalue weighted by atomic mass is 10.0. The van der Waals surface area contributed by atoms with Crippen LogP contribution in [0.5, 0.6) is 0 Å². The van der Waals surface area contributed by atoms with Gasteiger partial charge in [0.05, 0.1) is 10.0 Å². The lowest BCUT2D eigenvalue weighted by Crippen LogP contribution is -2.13. The summed E-state index contributed by atoms with van der Waals surface area (Å²) in [7, 11) is 0. The highest BCUT2D eigenvalue weighted by Gasteiger charge is 2.31. The topological polar surface area (TPSA) is 26.0 Å². The van der Waals surface area contributed by atoms with E-state index in [2.05, 4.69) is 0 Å². The maximum atomic E-state index is 6.06. The fraction of sp³-hybridized carbons (Fsp3) is 0.400. The van der Waals surface area contributed by atoms with Crippen molar-refractivity contribution in [2.75, 3.05) is 0 Å². The van der Waals surface area contributed by atoms with Gasteiger partial charge in [-0.05, 0) is 36.5 Å². The molecule has 0 saturated heterocycles. The first-order valence-corrected chi connectivity index (χ1v) is 5.63. The Labute approximate surface area is 98.1 Å². The first kappa shape index (κ1) is 10.6. The van der Waals surface area contributed by atoms with Crippen molar-refractivity contribution in [3.63, 3.8) is 0 Å². The minimum Gasteiger partial charge on any atom is -0.324 e. The lowest BCUT2D eigenvalue weighted by molar-refractivity contribution is 0.634. The third-order valence-corrected chi connectivity index (χ3v) is 3.54. The van der Waals surface area contributed by atoms with Gasteiger partial charge in [0.15, 0.2) is 0 Å². The third kappa shape index (κ3) is 2.01. The highest BCUT2D eigenvalue weighted by Crippen LogP contribution is 2.43. The molecule has 0 heterocycles. The number of halogens is 3. The van der Waals surface area contributed by atoms with Crippen LogP contribution in [0, 0.1) is 5.92 Å². The Balaban J connectivity index is 2.39. The summed E-state index contributed by atoms with van der Waals surface area (Å²) >= 11 is 17.9. The largest absolute Gasteiger partial charge is 0.324 e. The summed E-state index contributed by atoms with van der Waals surface area (Å²) < 4.78 is 0. The molecule has 1 aromatic rings. The molecule has 1 aliphatic rings. The molecule has 0 aromatic heterocycles. The van der Waals surface area contributed by atoms with Crippen LogP contribution >= 0.6 is 34.8 Å². The average Bonchev–Trinajstić information content (AvgIpc) is 2.93. The second-order valence-corrected chi connectivity index (χ2v) is 4.88. The Morgan fingerprint density at radius 2 is 1.86 bits per heavy atom. The van der Waals surface area contributed by atoms with Crippen LogP contribution in [0.25, 0.3) is 0 Å². The molecule has 1 saturated carbocycles. The smallest absolute Gasteiger partial charge is 0.0641 e. The number of hydrogen-bond acceptors (Lipinski definition) is 1. The van der Waals surface area contributed by atoms with Gasteiger partial charge in [0.25, 0.3) is 0 Å². The van der Waals surface area contributed by atoms with E-state index in [-0.39, 0.29) is 6.04 Å². The van der Waals surface area contributed by atoms with E-state index < -0.39 is 0 Å². The van der Waals surface area contributed by atoms with E-state index >= 15 is 0 Å². The minimum absolute atomic E-state index is 0.0290. The van der Waals surface area contributed by atoms with Crippen molar-refractivity contribution in [2.24, 2.45) is 11.7 Å². The van der Waals surface area contributed by atoms with Crippen molar-refractivity contribution in [1.82, 2.24) is 0 Å². The first-order valence-electron chi connectivity index (χ1n) is 4.49. The Hall–Kier alpha value is 0.0500. The second kappa shape index (κ2) is 3.90. The van der Waals surface area contributed by atoms with Crippen LogP contribution in [0.15, 0.2) is 12.1 Å². The highest BCUT2D eigenvalue weighted by atomic mass is 35.5. The molecule has 0 amide bonds. The van der Waals surface area contributed by atoms with Crippen molar-refractivity contribution in [1.29, 1.82) is 0 Å². The molecule has 1 atom stereocenters. The summed E-state index contributed by atoms with van der Waals surface area (Å²) in [5.74, 6) is 0.544. The van der Waals surface area contributed by atoms with Gasteiger partial charge in [-0.15, -0.1) is 0 Å². The number of benzene rings is 1. The van der Waals surface area contributed by atoms with Crippen LogP contribution in [-0.2, 0) is 0 Å². The predicted octanol–water partition coefficient (Wildman–Crippen LogP) is 4.06. The van der Waals surface area contributed by atoms with Gasteiger partial charge in [-0.1, -0.05) is 34.8 Å². The van der Waals surface area contributed by atoms with Crippen LogP contribution in [0.1, 0.15) is 24.4 Å². The van der Waals surface area contributed by atoms with Crippen molar-refractivity contribution in [3.8, 4) is 0 Å². The van der Waals surface area contributed by atoms with Gasteiger partial charge < -0.3 is 5.73 Å². The Bertz CT molecular complexity index is 361. The molecule has 76 valence electrons. The van der Waals surface area contributed by atoms with Crippen LogP contribution in [0.2, 0.25) is 15.1 Å². The Kier molecular flexibility index (Phi) is 2.94. The zero-order valence-corrected chi connectivity index (χ0v) is 9.70. The van der Waals surface area contributed by atoms with E-state index in [1.807, 2.05) is 0 Å². The van der Waals surface area contributed by atoms with Crippen LogP contribution in [-0.4, -0.2) is 0 Å². The molecule has 2 rings (SSSR count). The summed E-state index contributed by atoms with van der Waals surface area (Å²) in [4.78, 5) is 0. The summed E-state index contributed by atoms with van der Waals surface area (Å²) in [5.41, 5.74) is 6.90. The zero-order chi connectivity index (χ0) is 10.3. The van der Waals surface area contributed by atoms with Gasteiger partial charge in [0.2, 0.25) is 0 Å². The molecule has 14 heavy (non-hydrogen) atoms. The van der Waals surface area contributed by atoms with E-state index in [0.29, 0.717) is 21.0 Å². The number of nitrogens with two attached hydrogens (primary N) is 1. The first-order chi connectivity index (χ1) is 6.59. The van der Waals surface area contributed by atoms with Gasteiger partial charge in [-0.25, -0.2) is 0 Å². The SMILES string of the molecule is NC(c1cc(Cl)cc(Cl)c1Cl)C1CC1. The molecule has 0 radical (unpaired) electrons. The molecule has 0 aliphatic heterocycles. The molecule has 1 fully saturated rings. The maximum Gasteiger partial charge on any atom is 0.0641 e. The fourth-order valence-corrected chi connectivity index (χ4v) is 2.27. The Morgan fingerprint density at radius 1 is 1.21 bits per heavy atom. The molecule has 4 heteroatoms. The van der Waals surface area contributed by atoms with E-state index in [1.165, 1.54) is 12.8 Å². The van der Waals surface area contributed by atoms with Crippen molar-refractivity contribution >= 4 is 34.8 Å². The van der Waals surface area contributed by atoms with Gasteiger partial charge in [-0.2, -0.15) is 0 Å². The van der Waals surface area contributed by atoms with Crippen LogP contribution in [0.3, 0.4) is 0 Å². The van der Waals surface area contributed by atoms with Crippen molar-refractivity contribution in [3.05, 3.63) is 32.8 Å². The summed E-state index contributed by atoms with van der Waals surface area (Å²) in [6, 6.07) is 3.41. The molecule has 0 bridgehead atoms. The monoisotopic (exact) mass is 249 g/mol. The molecule has 2 N–H and O–H groups in total. The van der Waals surface area contributed by atoms with Crippen LogP contribution < -0.4 is 5.73 Å². The molecular weight excluding hydrogens is 240 g/mol. The summed E-state index contributed by atoms with van der Waals surface area (Å²) in [6.07, 6.45) is 2.34. The quantitative estimate of drug-likeness (QED) is 0.787. The van der Waals surface area contributed by atoms with E-state index in [9.17, 15) is 0 Å². The maximum absolute atomic E-state index is 6.06. The summed E-state index contributed by atoms with van der Waals surface area (Å²) in [6.45, 7) is 0. The normalized spacial score (nSPS) is 18.3. The standard InChI is InChI=1S/C10H10Cl3N/c11-6-3-7(9(13)8(12)4-6)10(14)5-1-2-5/h3-5,10H,1-2,14H2. The average molecular weight is 251 g/mol. The van der Waals surface area contributed by atoms with Gasteiger partial charge >= 0.3 is 0 Å². The number of rotatable bonds is 2. The number of hydrogen-bond donors (Lipinski definition) is 1. The van der Waals surface area contributed by atoms with Crippen molar-refractivity contribution in [2.45, 2.75) is 18.9 Å². The van der Waals surface area contributed by atoms with Gasteiger partial charge in [0, 0.05) is 11.1 Å². The second-order valence-electron chi connectivity index (χ2n) is 3.65. The zero-order valence-electron chi connectivity index (χ0n) is 7.43. The predicted molar refractivity (Wildman–Crippen MR) is 61.1 cm³/mol. The third-order valence-electron chi connectivity index (χ3n) is 2.51. The Morgan fingerprint density at radius 3 is 2.43 bits per heavy atom. The molecule has 1 unspecified atom stereocenters. The van der Waals surface area contributed by atoms with Crippen molar-refractivity contribution < 1.29 is 0 Å². The highest BCUT2D eigenvalue weighted by molar-refractivity contribution is 6.43. The molecule has 1 nitrogen and oxygen atoms in total.